The summed E-state index contributed by atoms with van der Waals surface area (Å²) in [6, 6.07) is 7.78. The summed E-state index contributed by atoms with van der Waals surface area (Å²) in [6.07, 6.45) is 7.23. The van der Waals surface area contributed by atoms with Crippen LogP contribution in [0.15, 0.2) is 42.9 Å². The van der Waals surface area contributed by atoms with Crippen LogP contribution in [0.2, 0.25) is 0 Å². The average molecular weight is 324 g/mol. The maximum absolute atomic E-state index is 12.5. The lowest BCUT2D eigenvalue weighted by molar-refractivity contribution is -0.136. The molecule has 6 heteroatoms. The topological polar surface area (TPSA) is 61.4 Å². The minimum atomic E-state index is -0.391. The number of hydrogen-bond acceptors (Lipinski definition) is 4. The molecule has 0 amide bonds. The highest BCUT2D eigenvalue weighted by molar-refractivity contribution is 6.21. The summed E-state index contributed by atoms with van der Waals surface area (Å²) in [6.45, 7) is 6.18. The van der Waals surface area contributed by atoms with E-state index in [-0.39, 0.29) is 6.04 Å². The van der Waals surface area contributed by atoms with Gasteiger partial charge in [0.2, 0.25) is 0 Å². The highest BCUT2D eigenvalue weighted by atomic mass is 16.5. The monoisotopic (exact) mass is 324 g/mol. The molecule has 0 aromatic carbocycles. The van der Waals surface area contributed by atoms with Crippen molar-refractivity contribution < 1.29 is 9.53 Å². The fraction of sp³-hybridized carbons (Fsp3) is 0.278. The maximum Gasteiger partial charge on any atom is 0.340 e. The second-order valence-corrected chi connectivity index (χ2v) is 5.67. The van der Waals surface area contributed by atoms with Crippen LogP contribution < -0.4 is 0 Å². The lowest BCUT2D eigenvalue weighted by atomic mass is 10.1. The van der Waals surface area contributed by atoms with Crippen molar-refractivity contribution in [2.45, 2.75) is 26.8 Å². The smallest absolute Gasteiger partial charge is 0.340 e. The molecule has 3 rings (SSSR count). The van der Waals surface area contributed by atoms with Crippen molar-refractivity contribution in [2.24, 2.45) is 0 Å². The summed E-state index contributed by atoms with van der Waals surface area (Å²) >= 11 is 0. The molecule has 0 N–H and O–H groups in total. The van der Waals surface area contributed by atoms with Crippen LogP contribution in [0.25, 0.3) is 17.3 Å². The Hall–Kier alpha value is -2.89. The van der Waals surface area contributed by atoms with E-state index in [4.69, 9.17) is 4.74 Å². The van der Waals surface area contributed by atoms with Gasteiger partial charge in [-0.1, -0.05) is 6.07 Å². The molecule has 0 spiro atoms. The van der Waals surface area contributed by atoms with Gasteiger partial charge in [-0.05, 0) is 45.0 Å². The van der Waals surface area contributed by atoms with Crippen molar-refractivity contribution in [2.75, 3.05) is 6.61 Å². The third-order valence-electron chi connectivity index (χ3n) is 3.62. The lowest BCUT2D eigenvalue weighted by Gasteiger charge is -2.09. The van der Waals surface area contributed by atoms with E-state index in [0.29, 0.717) is 17.9 Å². The summed E-state index contributed by atoms with van der Waals surface area (Å²) in [5, 5.41) is 4.30. The van der Waals surface area contributed by atoms with Crippen LogP contribution >= 0.6 is 0 Å². The highest BCUT2D eigenvalue weighted by Gasteiger charge is 2.18. The minimum absolute atomic E-state index is 0.191. The van der Waals surface area contributed by atoms with E-state index in [9.17, 15) is 4.79 Å². The number of nitrogens with zero attached hydrogens (tertiary/aromatic N) is 4. The van der Waals surface area contributed by atoms with E-state index in [1.807, 2.05) is 59.6 Å². The van der Waals surface area contributed by atoms with Gasteiger partial charge in [-0.2, -0.15) is 5.10 Å². The van der Waals surface area contributed by atoms with Crippen LogP contribution in [0.5, 0.6) is 0 Å². The third-order valence-corrected chi connectivity index (χ3v) is 3.62. The molecule has 3 heterocycles. The quantitative estimate of drug-likeness (QED) is 0.534. The molecule has 0 saturated heterocycles. The molecular weight excluding hydrogens is 304 g/mol. The molecule has 0 unspecified atom stereocenters. The van der Waals surface area contributed by atoms with Crippen LogP contribution in [0, 0.1) is 0 Å². The molecule has 0 fully saturated rings. The molecular formula is C18H20N4O2. The number of carbonyl (C=O) groups is 1. The molecule has 0 atom stereocenters. The van der Waals surface area contributed by atoms with Gasteiger partial charge in [0.05, 0.1) is 23.6 Å². The van der Waals surface area contributed by atoms with E-state index >= 15 is 0 Å². The Labute approximate surface area is 140 Å². The van der Waals surface area contributed by atoms with E-state index < -0.39 is 5.97 Å². The number of esters is 1. The Morgan fingerprint density at radius 1 is 1.33 bits per heavy atom. The molecule has 3 aromatic rings. The fourth-order valence-electron chi connectivity index (χ4n) is 2.53. The number of hydrogen-bond donors (Lipinski definition) is 0. The summed E-state index contributed by atoms with van der Waals surface area (Å²) < 4.78 is 8.95. The highest BCUT2D eigenvalue weighted by Crippen LogP contribution is 2.21. The Morgan fingerprint density at radius 2 is 2.17 bits per heavy atom. The minimum Gasteiger partial charge on any atom is -0.462 e. The SMILES string of the molecule is CCOC(=O)C(=Cc1ccnn1C(C)C)c1cn2ccccc2n1. The van der Waals surface area contributed by atoms with Crippen LogP contribution in [0.1, 0.15) is 38.2 Å². The molecule has 0 bridgehead atoms. The Kier molecular flexibility index (Phi) is 4.46. The number of aromatic nitrogens is 4. The van der Waals surface area contributed by atoms with Gasteiger partial charge in [0.15, 0.2) is 0 Å². The van der Waals surface area contributed by atoms with E-state index in [0.717, 1.165) is 11.3 Å². The molecule has 0 aliphatic rings. The first-order valence-corrected chi connectivity index (χ1v) is 7.96. The molecule has 0 aliphatic carbocycles. The molecule has 124 valence electrons. The first kappa shape index (κ1) is 16.0. The van der Waals surface area contributed by atoms with Gasteiger partial charge in [0.1, 0.15) is 5.65 Å². The Morgan fingerprint density at radius 3 is 2.88 bits per heavy atom. The van der Waals surface area contributed by atoms with Crippen molar-refractivity contribution in [3.8, 4) is 0 Å². The number of rotatable bonds is 5. The summed E-state index contributed by atoms with van der Waals surface area (Å²) in [7, 11) is 0. The summed E-state index contributed by atoms with van der Waals surface area (Å²) in [5.41, 5.74) is 2.62. The normalized spacial score (nSPS) is 12.1. The molecule has 6 nitrogen and oxygen atoms in total. The number of carbonyl (C=O) groups excluding carboxylic acids is 1. The second kappa shape index (κ2) is 6.70. The second-order valence-electron chi connectivity index (χ2n) is 5.67. The zero-order valence-corrected chi connectivity index (χ0v) is 14.0. The maximum atomic E-state index is 12.5. The Balaban J connectivity index is 2.11. The van der Waals surface area contributed by atoms with E-state index in [1.165, 1.54) is 0 Å². The zero-order chi connectivity index (χ0) is 17.1. The van der Waals surface area contributed by atoms with Gasteiger partial charge in [0, 0.05) is 24.6 Å². The lowest BCUT2D eigenvalue weighted by Crippen LogP contribution is -2.09. The Bertz CT molecular complexity index is 856. The summed E-state index contributed by atoms with van der Waals surface area (Å²) in [5.74, 6) is -0.391. The van der Waals surface area contributed by atoms with Crippen LogP contribution in [0.4, 0.5) is 0 Å². The number of pyridine rings is 1. The van der Waals surface area contributed by atoms with Gasteiger partial charge in [-0.15, -0.1) is 0 Å². The van der Waals surface area contributed by atoms with Gasteiger partial charge < -0.3 is 9.14 Å². The zero-order valence-electron chi connectivity index (χ0n) is 14.0. The number of fused-ring (bicyclic) bond motifs is 1. The van der Waals surface area contributed by atoms with Crippen LogP contribution in [-0.2, 0) is 9.53 Å². The van der Waals surface area contributed by atoms with Crippen LogP contribution in [-0.4, -0.2) is 31.7 Å². The first-order valence-electron chi connectivity index (χ1n) is 7.96. The third kappa shape index (κ3) is 3.08. The van der Waals surface area contributed by atoms with Gasteiger partial charge in [0.25, 0.3) is 0 Å². The van der Waals surface area contributed by atoms with Crippen molar-refractivity contribution >= 4 is 23.3 Å². The van der Waals surface area contributed by atoms with Crippen molar-refractivity contribution in [1.29, 1.82) is 0 Å². The first-order chi connectivity index (χ1) is 11.6. The molecule has 0 aliphatic heterocycles. The van der Waals surface area contributed by atoms with Gasteiger partial charge in [-0.25, -0.2) is 9.78 Å². The predicted molar refractivity (Wildman–Crippen MR) is 92.3 cm³/mol. The van der Waals surface area contributed by atoms with Crippen molar-refractivity contribution in [1.82, 2.24) is 19.2 Å². The standard InChI is InChI=1S/C18H20N4O2/c1-4-24-18(23)15(11-14-8-9-19-22(14)13(2)3)16-12-21-10-6-5-7-17(21)20-16/h5-13H,4H2,1-3H3. The molecule has 0 radical (unpaired) electrons. The van der Waals surface area contributed by atoms with Gasteiger partial charge >= 0.3 is 5.97 Å². The fourth-order valence-corrected chi connectivity index (χ4v) is 2.53. The van der Waals surface area contributed by atoms with Gasteiger partial charge in [-0.3, -0.25) is 4.68 Å². The average Bonchev–Trinajstić information content (AvgIpc) is 3.18. The van der Waals surface area contributed by atoms with Crippen molar-refractivity contribution in [3.63, 3.8) is 0 Å². The van der Waals surface area contributed by atoms with Crippen LogP contribution in [0.3, 0.4) is 0 Å². The van der Waals surface area contributed by atoms with E-state index in [2.05, 4.69) is 10.1 Å². The largest absolute Gasteiger partial charge is 0.462 e. The van der Waals surface area contributed by atoms with Crippen molar-refractivity contribution in [3.05, 3.63) is 54.2 Å². The predicted octanol–water partition coefficient (Wildman–Crippen LogP) is 3.22. The summed E-state index contributed by atoms with van der Waals surface area (Å²) in [4.78, 5) is 17.0. The molecule has 3 aromatic heterocycles. The number of ether oxygens (including phenoxy) is 1. The number of imidazole rings is 1. The molecule has 0 saturated carbocycles. The molecule has 24 heavy (non-hydrogen) atoms. The van der Waals surface area contributed by atoms with E-state index in [1.54, 1.807) is 19.2 Å².